The molecule has 118 valence electrons. The van der Waals surface area contributed by atoms with Gasteiger partial charge in [-0.25, -0.2) is 0 Å². The van der Waals surface area contributed by atoms with Gasteiger partial charge in [0.1, 0.15) is 0 Å². The van der Waals surface area contributed by atoms with Crippen LogP contribution >= 0.6 is 11.8 Å². The number of methoxy groups -OCH3 is 2. The molecule has 0 atom stereocenters. The number of hydrogen-bond acceptors (Lipinski definition) is 4. The molecule has 23 heavy (non-hydrogen) atoms. The van der Waals surface area contributed by atoms with E-state index in [-0.39, 0.29) is 5.91 Å². The molecule has 1 heterocycles. The van der Waals surface area contributed by atoms with Crippen molar-refractivity contribution in [3.63, 3.8) is 0 Å². The van der Waals surface area contributed by atoms with Crippen molar-refractivity contribution in [1.82, 2.24) is 0 Å². The largest absolute Gasteiger partial charge is 0.493 e. The van der Waals surface area contributed by atoms with Crippen molar-refractivity contribution in [1.29, 1.82) is 0 Å². The molecule has 0 aliphatic carbocycles. The van der Waals surface area contributed by atoms with Crippen molar-refractivity contribution in [2.45, 2.75) is 4.90 Å². The molecular weight excluding hydrogens is 310 g/mol. The number of carbonyl (C=O) groups excluding carboxylic acids is 1. The molecule has 2 aromatic rings. The molecule has 0 saturated carbocycles. The van der Waals surface area contributed by atoms with Crippen LogP contribution in [0.1, 0.15) is 5.56 Å². The Morgan fingerprint density at radius 3 is 2.52 bits per heavy atom. The zero-order valence-electron chi connectivity index (χ0n) is 13.2. The molecule has 1 aliphatic heterocycles. The number of likely N-dealkylation sites (N-methyl/N-ethyl adjacent to an activating group) is 1. The molecular formula is C18H17NO3S. The molecule has 0 saturated heterocycles. The maximum Gasteiger partial charge on any atom is 0.264 e. The van der Waals surface area contributed by atoms with Gasteiger partial charge in [0.25, 0.3) is 5.91 Å². The molecule has 0 spiro atoms. The van der Waals surface area contributed by atoms with Gasteiger partial charge < -0.3 is 14.4 Å². The normalized spacial score (nSPS) is 15.5. The Morgan fingerprint density at radius 1 is 1.04 bits per heavy atom. The summed E-state index contributed by atoms with van der Waals surface area (Å²) >= 11 is 1.48. The van der Waals surface area contributed by atoms with Crippen LogP contribution in [0.5, 0.6) is 11.5 Å². The zero-order chi connectivity index (χ0) is 16.4. The summed E-state index contributed by atoms with van der Waals surface area (Å²) in [5, 5.41) is 0. The van der Waals surface area contributed by atoms with Crippen LogP contribution in [0.3, 0.4) is 0 Å². The molecule has 5 heteroatoms. The minimum atomic E-state index is -0.0107. The first-order valence-electron chi connectivity index (χ1n) is 7.12. The number of hydrogen-bond donors (Lipinski definition) is 0. The second-order valence-corrected chi connectivity index (χ2v) is 6.14. The molecule has 1 aliphatic rings. The second-order valence-electron chi connectivity index (χ2n) is 5.06. The van der Waals surface area contributed by atoms with E-state index in [0.717, 1.165) is 16.1 Å². The summed E-state index contributed by atoms with van der Waals surface area (Å²) in [6.07, 6.45) is 1.88. The molecule has 2 aromatic carbocycles. The van der Waals surface area contributed by atoms with Gasteiger partial charge in [0, 0.05) is 11.9 Å². The van der Waals surface area contributed by atoms with Gasteiger partial charge in [-0.2, -0.15) is 0 Å². The third kappa shape index (κ3) is 2.92. The summed E-state index contributed by atoms with van der Waals surface area (Å²) in [5.41, 5.74) is 1.83. The smallest absolute Gasteiger partial charge is 0.264 e. The summed E-state index contributed by atoms with van der Waals surface area (Å²) < 4.78 is 10.6. The second kappa shape index (κ2) is 6.38. The van der Waals surface area contributed by atoms with Gasteiger partial charge in [-0.3, -0.25) is 4.79 Å². The molecule has 0 unspecified atom stereocenters. The number of anilines is 1. The van der Waals surface area contributed by atoms with E-state index in [9.17, 15) is 4.79 Å². The molecule has 0 aromatic heterocycles. The molecule has 1 amide bonds. The Kier molecular flexibility index (Phi) is 4.30. The molecule has 0 N–H and O–H groups in total. The van der Waals surface area contributed by atoms with Gasteiger partial charge in [-0.05, 0) is 35.9 Å². The first kappa shape index (κ1) is 15.5. The Hall–Kier alpha value is -2.40. The van der Waals surface area contributed by atoms with Crippen LogP contribution in [0.2, 0.25) is 0 Å². The highest BCUT2D eigenvalue weighted by molar-refractivity contribution is 8.04. The number of nitrogens with zero attached hydrogens (tertiary/aromatic N) is 1. The molecule has 0 bridgehead atoms. The lowest BCUT2D eigenvalue weighted by Crippen LogP contribution is -2.29. The van der Waals surface area contributed by atoms with Crippen LogP contribution < -0.4 is 14.4 Å². The van der Waals surface area contributed by atoms with Crippen molar-refractivity contribution in [2.75, 3.05) is 26.2 Å². The molecule has 0 radical (unpaired) electrons. The minimum absolute atomic E-state index is 0.0107. The monoisotopic (exact) mass is 327 g/mol. The third-order valence-corrected chi connectivity index (χ3v) is 4.74. The van der Waals surface area contributed by atoms with E-state index in [1.165, 1.54) is 11.8 Å². The fourth-order valence-electron chi connectivity index (χ4n) is 2.44. The molecule has 4 nitrogen and oxygen atoms in total. The van der Waals surface area contributed by atoms with E-state index in [1.807, 2.05) is 48.5 Å². The van der Waals surface area contributed by atoms with Gasteiger partial charge in [0.15, 0.2) is 11.5 Å². The first-order chi connectivity index (χ1) is 11.1. The van der Waals surface area contributed by atoms with Crippen LogP contribution in [0.15, 0.2) is 52.3 Å². The van der Waals surface area contributed by atoms with Crippen molar-refractivity contribution < 1.29 is 14.3 Å². The number of rotatable bonds is 3. The number of para-hydroxylation sites is 1. The number of fused-ring (bicyclic) bond motifs is 1. The van der Waals surface area contributed by atoms with Crippen molar-refractivity contribution in [3.8, 4) is 11.5 Å². The van der Waals surface area contributed by atoms with Crippen LogP contribution in [-0.4, -0.2) is 27.2 Å². The highest BCUT2D eigenvalue weighted by atomic mass is 32.2. The van der Waals surface area contributed by atoms with Gasteiger partial charge in [-0.15, -0.1) is 0 Å². The lowest BCUT2D eigenvalue weighted by atomic mass is 10.1. The lowest BCUT2D eigenvalue weighted by Gasteiger charge is -2.26. The van der Waals surface area contributed by atoms with Gasteiger partial charge in [0.2, 0.25) is 0 Å². The van der Waals surface area contributed by atoms with Crippen molar-refractivity contribution in [3.05, 3.63) is 52.9 Å². The number of carbonyl (C=O) groups is 1. The van der Waals surface area contributed by atoms with Gasteiger partial charge in [-0.1, -0.05) is 30.0 Å². The topological polar surface area (TPSA) is 38.8 Å². The van der Waals surface area contributed by atoms with Crippen molar-refractivity contribution in [2.24, 2.45) is 0 Å². The maximum absolute atomic E-state index is 12.6. The van der Waals surface area contributed by atoms with Crippen LogP contribution in [0.4, 0.5) is 5.69 Å². The maximum atomic E-state index is 12.6. The average molecular weight is 327 g/mol. The first-order valence-corrected chi connectivity index (χ1v) is 7.94. The molecule has 0 fully saturated rings. The van der Waals surface area contributed by atoms with E-state index in [0.29, 0.717) is 16.4 Å². The van der Waals surface area contributed by atoms with Crippen LogP contribution in [-0.2, 0) is 4.79 Å². The number of ether oxygens (including phenoxy) is 2. The van der Waals surface area contributed by atoms with Gasteiger partial charge in [0.05, 0.1) is 24.8 Å². The minimum Gasteiger partial charge on any atom is -0.493 e. The van der Waals surface area contributed by atoms with E-state index in [4.69, 9.17) is 9.47 Å². The van der Waals surface area contributed by atoms with Gasteiger partial charge >= 0.3 is 0 Å². The number of amides is 1. The van der Waals surface area contributed by atoms with E-state index in [1.54, 1.807) is 26.2 Å². The Labute approximate surface area is 139 Å². The van der Waals surface area contributed by atoms with Crippen LogP contribution in [0.25, 0.3) is 6.08 Å². The lowest BCUT2D eigenvalue weighted by molar-refractivity contribution is -0.114. The summed E-state index contributed by atoms with van der Waals surface area (Å²) in [6.45, 7) is 0. The summed E-state index contributed by atoms with van der Waals surface area (Å²) in [5.74, 6) is 1.30. The van der Waals surface area contributed by atoms with Crippen molar-refractivity contribution >= 4 is 29.4 Å². The Bertz CT molecular complexity index is 786. The SMILES string of the molecule is COc1ccc(C=C2Sc3ccccc3N(C)C2=O)cc1OC. The fraction of sp³-hybridized carbons (Fsp3) is 0.167. The predicted molar refractivity (Wildman–Crippen MR) is 93.2 cm³/mol. The highest BCUT2D eigenvalue weighted by Gasteiger charge is 2.25. The third-order valence-electron chi connectivity index (χ3n) is 3.67. The van der Waals surface area contributed by atoms with Crippen LogP contribution in [0, 0.1) is 0 Å². The zero-order valence-corrected chi connectivity index (χ0v) is 14.0. The summed E-state index contributed by atoms with van der Waals surface area (Å²) in [4.78, 5) is 16.0. The standard InChI is InChI=1S/C18H17NO3S/c1-19-13-6-4-5-7-16(13)23-17(18(19)20)11-12-8-9-14(21-2)15(10-12)22-3/h4-11H,1-3H3. The highest BCUT2D eigenvalue weighted by Crippen LogP contribution is 2.41. The Balaban J connectivity index is 1.99. The summed E-state index contributed by atoms with van der Waals surface area (Å²) in [6, 6.07) is 13.5. The fourth-order valence-corrected chi connectivity index (χ4v) is 3.55. The Morgan fingerprint density at radius 2 is 1.78 bits per heavy atom. The predicted octanol–water partition coefficient (Wildman–Crippen LogP) is 3.81. The number of thioether (sulfide) groups is 1. The van der Waals surface area contributed by atoms with E-state index >= 15 is 0 Å². The van der Waals surface area contributed by atoms with E-state index in [2.05, 4.69) is 0 Å². The average Bonchev–Trinajstić information content (AvgIpc) is 2.59. The molecule has 3 rings (SSSR count). The van der Waals surface area contributed by atoms with E-state index < -0.39 is 0 Å². The summed E-state index contributed by atoms with van der Waals surface area (Å²) in [7, 11) is 4.99. The number of benzene rings is 2. The quantitative estimate of drug-likeness (QED) is 0.804.